The molecule has 0 aliphatic carbocycles. The van der Waals surface area contributed by atoms with Crippen molar-refractivity contribution in [2.75, 3.05) is 26.7 Å². The van der Waals surface area contributed by atoms with Gasteiger partial charge in [-0.3, -0.25) is 9.59 Å². The van der Waals surface area contributed by atoms with Crippen LogP contribution in [0.3, 0.4) is 0 Å². The second-order valence-corrected chi connectivity index (χ2v) is 6.21. The van der Waals surface area contributed by atoms with Crippen molar-refractivity contribution in [1.82, 2.24) is 9.91 Å². The van der Waals surface area contributed by atoms with Crippen LogP contribution in [0.15, 0.2) is 29.4 Å². The molecule has 0 radical (unpaired) electrons. The number of hydrogen-bond donors (Lipinski definition) is 0. The SMILES string of the molecule is CCCN(C[C@@H]1COc2ccccc2O1)C(=O)C1=NN(C)C(=O)CC1. The molecule has 0 fully saturated rings. The summed E-state index contributed by atoms with van der Waals surface area (Å²) in [5, 5.41) is 5.38. The molecule has 25 heavy (non-hydrogen) atoms. The van der Waals surface area contributed by atoms with Crippen molar-refractivity contribution in [3.8, 4) is 11.5 Å². The Kier molecular flexibility index (Phi) is 5.21. The predicted octanol–water partition coefficient (Wildman–Crippen LogP) is 1.67. The molecular weight excluding hydrogens is 322 g/mol. The Morgan fingerprint density at radius 2 is 2.08 bits per heavy atom. The Hall–Kier alpha value is -2.57. The number of amides is 2. The molecule has 0 spiro atoms. The molecule has 1 aromatic rings. The first-order valence-corrected chi connectivity index (χ1v) is 8.60. The Morgan fingerprint density at radius 1 is 1.32 bits per heavy atom. The van der Waals surface area contributed by atoms with E-state index < -0.39 is 0 Å². The first kappa shape index (κ1) is 17.3. The number of hydrazone groups is 1. The van der Waals surface area contributed by atoms with Crippen molar-refractivity contribution in [3.63, 3.8) is 0 Å². The average molecular weight is 345 g/mol. The lowest BCUT2D eigenvalue weighted by molar-refractivity contribution is -0.131. The lowest BCUT2D eigenvalue weighted by Crippen LogP contribution is -2.47. The normalized spacial score (nSPS) is 19.4. The van der Waals surface area contributed by atoms with Gasteiger partial charge in [-0.25, -0.2) is 5.01 Å². The predicted molar refractivity (Wildman–Crippen MR) is 92.7 cm³/mol. The summed E-state index contributed by atoms with van der Waals surface area (Å²) in [6, 6.07) is 7.51. The molecule has 134 valence electrons. The Balaban J connectivity index is 1.68. The topological polar surface area (TPSA) is 71.4 Å². The van der Waals surface area contributed by atoms with Gasteiger partial charge in [-0.15, -0.1) is 0 Å². The molecule has 7 nitrogen and oxygen atoms in total. The van der Waals surface area contributed by atoms with E-state index in [1.807, 2.05) is 31.2 Å². The summed E-state index contributed by atoms with van der Waals surface area (Å²) in [5.41, 5.74) is 0.424. The van der Waals surface area contributed by atoms with Crippen LogP contribution in [0.2, 0.25) is 0 Å². The van der Waals surface area contributed by atoms with Crippen LogP contribution in [0, 0.1) is 0 Å². The monoisotopic (exact) mass is 345 g/mol. The maximum absolute atomic E-state index is 12.8. The van der Waals surface area contributed by atoms with Crippen molar-refractivity contribution < 1.29 is 19.1 Å². The highest BCUT2D eigenvalue weighted by Crippen LogP contribution is 2.31. The number of rotatable bonds is 5. The summed E-state index contributed by atoms with van der Waals surface area (Å²) in [5.74, 6) is 1.22. The van der Waals surface area contributed by atoms with Crippen molar-refractivity contribution in [1.29, 1.82) is 0 Å². The number of ether oxygens (including phenoxy) is 2. The molecule has 0 N–H and O–H groups in total. The van der Waals surface area contributed by atoms with E-state index in [9.17, 15) is 9.59 Å². The number of benzene rings is 1. The number of nitrogens with zero attached hydrogens (tertiary/aromatic N) is 3. The van der Waals surface area contributed by atoms with E-state index in [2.05, 4.69) is 5.10 Å². The standard InChI is InChI=1S/C18H23N3O4/c1-3-10-21(18(23)14-8-9-17(22)20(2)19-14)11-13-12-24-15-6-4-5-7-16(15)25-13/h4-7,13H,3,8-12H2,1-2H3/t13-/m1/s1. The van der Waals surface area contributed by atoms with E-state index in [4.69, 9.17) is 9.47 Å². The first-order valence-electron chi connectivity index (χ1n) is 8.60. The maximum atomic E-state index is 12.8. The van der Waals surface area contributed by atoms with Gasteiger partial charge in [-0.05, 0) is 18.6 Å². The summed E-state index contributed by atoms with van der Waals surface area (Å²) in [6.07, 6.45) is 1.30. The molecule has 3 rings (SSSR count). The summed E-state index contributed by atoms with van der Waals surface area (Å²) < 4.78 is 11.7. The number of fused-ring (bicyclic) bond motifs is 1. The van der Waals surface area contributed by atoms with E-state index >= 15 is 0 Å². The van der Waals surface area contributed by atoms with Gasteiger partial charge in [-0.1, -0.05) is 19.1 Å². The molecule has 0 saturated heterocycles. The number of carbonyl (C=O) groups is 2. The first-order chi connectivity index (χ1) is 12.1. The van der Waals surface area contributed by atoms with Crippen molar-refractivity contribution >= 4 is 17.5 Å². The summed E-state index contributed by atoms with van der Waals surface area (Å²) in [4.78, 5) is 26.1. The fourth-order valence-electron chi connectivity index (χ4n) is 2.95. The number of hydrogen-bond acceptors (Lipinski definition) is 5. The van der Waals surface area contributed by atoms with Gasteiger partial charge in [0.25, 0.3) is 5.91 Å². The number of carbonyl (C=O) groups excluding carboxylic acids is 2. The summed E-state index contributed by atoms with van der Waals surface area (Å²) in [7, 11) is 1.58. The molecule has 0 aromatic heterocycles. The Labute approximate surface area is 147 Å². The van der Waals surface area contributed by atoms with E-state index in [-0.39, 0.29) is 17.9 Å². The third-order valence-corrected chi connectivity index (χ3v) is 4.23. The average Bonchev–Trinajstić information content (AvgIpc) is 2.63. The smallest absolute Gasteiger partial charge is 0.270 e. The molecule has 0 saturated carbocycles. The number of para-hydroxylation sites is 2. The van der Waals surface area contributed by atoms with Crippen molar-refractivity contribution in [3.05, 3.63) is 24.3 Å². The second-order valence-electron chi connectivity index (χ2n) is 6.21. The zero-order valence-corrected chi connectivity index (χ0v) is 14.6. The molecular formula is C18H23N3O4. The van der Waals surface area contributed by atoms with Gasteiger partial charge in [-0.2, -0.15) is 5.10 Å². The minimum absolute atomic E-state index is 0.0702. The van der Waals surface area contributed by atoms with Crippen LogP contribution in [-0.2, 0) is 9.59 Å². The van der Waals surface area contributed by atoms with E-state index in [1.54, 1.807) is 11.9 Å². The van der Waals surface area contributed by atoms with Gasteiger partial charge in [0.15, 0.2) is 17.6 Å². The van der Waals surface area contributed by atoms with Crippen LogP contribution in [0.5, 0.6) is 11.5 Å². The molecule has 2 aliphatic rings. The molecule has 1 aromatic carbocycles. The fourth-order valence-corrected chi connectivity index (χ4v) is 2.95. The quantitative estimate of drug-likeness (QED) is 0.814. The van der Waals surface area contributed by atoms with E-state index in [0.29, 0.717) is 44.0 Å². The van der Waals surface area contributed by atoms with Crippen LogP contribution in [-0.4, -0.2) is 60.3 Å². The minimum Gasteiger partial charge on any atom is -0.486 e. The third-order valence-electron chi connectivity index (χ3n) is 4.23. The van der Waals surface area contributed by atoms with E-state index in [1.165, 1.54) is 5.01 Å². The highest BCUT2D eigenvalue weighted by atomic mass is 16.6. The zero-order valence-electron chi connectivity index (χ0n) is 14.6. The molecule has 1 atom stereocenters. The fraction of sp³-hybridized carbons (Fsp3) is 0.500. The summed E-state index contributed by atoms with van der Waals surface area (Å²) >= 11 is 0. The van der Waals surface area contributed by atoms with Crippen LogP contribution < -0.4 is 9.47 Å². The molecule has 7 heteroatoms. The van der Waals surface area contributed by atoms with Crippen LogP contribution in [0.25, 0.3) is 0 Å². The van der Waals surface area contributed by atoms with Crippen molar-refractivity contribution in [2.45, 2.75) is 32.3 Å². The zero-order chi connectivity index (χ0) is 17.8. The molecule has 0 bridgehead atoms. The summed E-state index contributed by atoms with van der Waals surface area (Å²) in [6.45, 7) is 3.45. The van der Waals surface area contributed by atoms with Gasteiger partial charge >= 0.3 is 0 Å². The van der Waals surface area contributed by atoms with Gasteiger partial charge < -0.3 is 14.4 Å². The van der Waals surface area contributed by atoms with E-state index in [0.717, 1.165) is 12.2 Å². The van der Waals surface area contributed by atoms with Crippen molar-refractivity contribution in [2.24, 2.45) is 5.10 Å². The Morgan fingerprint density at radius 3 is 2.80 bits per heavy atom. The minimum atomic E-state index is -0.228. The molecule has 2 heterocycles. The largest absolute Gasteiger partial charge is 0.486 e. The van der Waals surface area contributed by atoms with Gasteiger partial charge in [0, 0.05) is 26.4 Å². The second kappa shape index (κ2) is 7.55. The highest BCUT2D eigenvalue weighted by molar-refractivity contribution is 6.39. The third kappa shape index (κ3) is 3.92. The highest BCUT2D eigenvalue weighted by Gasteiger charge is 2.29. The van der Waals surface area contributed by atoms with Crippen LogP contribution in [0.4, 0.5) is 0 Å². The molecule has 0 unspecified atom stereocenters. The maximum Gasteiger partial charge on any atom is 0.270 e. The Bertz CT molecular complexity index is 689. The van der Waals surface area contributed by atoms with Gasteiger partial charge in [0.1, 0.15) is 12.3 Å². The molecule has 2 amide bonds. The lowest BCUT2D eigenvalue weighted by Gasteiger charge is -2.32. The van der Waals surface area contributed by atoms with Gasteiger partial charge in [0.2, 0.25) is 5.91 Å². The van der Waals surface area contributed by atoms with Crippen LogP contribution in [0.1, 0.15) is 26.2 Å². The van der Waals surface area contributed by atoms with Gasteiger partial charge in [0.05, 0.1) is 6.54 Å². The van der Waals surface area contributed by atoms with Crippen LogP contribution >= 0.6 is 0 Å². The lowest BCUT2D eigenvalue weighted by atomic mass is 10.1. The molecule has 2 aliphatic heterocycles.